The molecule has 86 valence electrons. The van der Waals surface area contributed by atoms with E-state index in [2.05, 4.69) is 10.6 Å². The Kier molecular flexibility index (Phi) is 5.10. The Morgan fingerprint density at radius 3 is 2.60 bits per heavy atom. The molecule has 15 heavy (non-hydrogen) atoms. The van der Waals surface area contributed by atoms with Crippen molar-refractivity contribution in [2.45, 2.75) is 19.3 Å². The van der Waals surface area contributed by atoms with E-state index >= 15 is 0 Å². The first-order valence-electron chi connectivity index (χ1n) is 5.27. The average molecular weight is 214 g/mol. The summed E-state index contributed by atoms with van der Waals surface area (Å²) in [5, 5.41) is 5.42. The summed E-state index contributed by atoms with van der Waals surface area (Å²) < 4.78 is 4.79. The second-order valence-electron chi connectivity index (χ2n) is 3.66. The molecule has 0 aliphatic heterocycles. The molecule has 0 saturated heterocycles. The van der Waals surface area contributed by atoms with E-state index in [1.54, 1.807) is 7.11 Å². The fourth-order valence-corrected chi connectivity index (χ4v) is 1.17. The van der Waals surface area contributed by atoms with Crippen LogP contribution < -0.4 is 10.6 Å². The van der Waals surface area contributed by atoms with Crippen LogP contribution in [0.15, 0.2) is 0 Å². The molecule has 2 amide bonds. The summed E-state index contributed by atoms with van der Waals surface area (Å²) in [5.41, 5.74) is 0. The van der Waals surface area contributed by atoms with Crippen molar-refractivity contribution in [3.8, 4) is 0 Å². The molecular formula is C10H18N2O3. The van der Waals surface area contributed by atoms with Crippen LogP contribution in [0.25, 0.3) is 0 Å². The van der Waals surface area contributed by atoms with Crippen LogP contribution in [0.5, 0.6) is 0 Å². The zero-order chi connectivity index (χ0) is 11.1. The minimum atomic E-state index is -0.0526. The maximum atomic E-state index is 11.2. The van der Waals surface area contributed by atoms with Crippen molar-refractivity contribution in [3.05, 3.63) is 0 Å². The summed E-state index contributed by atoms with van der Waals surface area (Å²) in [6, 6.07) is 0. The molecule has 0 radical (unpaired) electrons. The van der Waals surface area contributed by atoms with Gasteiger partial charge in [0.1, 0.15) is 0 Å². The summed E-state index contributed by atoms with van der Waals surface area (Å²) in [5.74, 6) is 0.240. The number of hydrogen-bond donors (Lipinski definition) is 2. The van der Waals surface area contributed by atoms with Gasteiger partial charge in [-0.1, -0.05) is 0 Å². The Bertz CT molecular complexity index is 227. The second kappa shape index (κ2) is 6.40. The van der Waals surface area contributed by atoms with Crippen LogP contribution in [0.4, 0.5) is 0 Å². The lowest BCUT2D eigenvalue weighted by molar-refractivity contribution is -0.123. The van der Waals surface area contributed by atoms with Crippen LogP contribution in [0, 0.1) is 5.92 Å². The van der Waals surface area contributed by atoms with Gasteiger partial charge < -0.3 is 15.4 Å². The maximum Gasteiger partial charge on any atom is 0.223 e. The van der Waals surface area contributed by atoms with Crippen molar-refractivity contribution in [3.63, 3.8) is 0 Å². The number of amides is 2. The van der Waals surface area contributed by atoms with E-state index in [1.807, 2.05) is 0 Å². The highest BCUT2D eigenvalue weighted by atomic mass is 16.5. The van der Waals surface area contributed by atoms with Crippen molar-refractivity contribution < 1.29 is 14.3 Å². The van der Waals surface area contributed by atoms with E-state index in [9.17, 15) is 9.59 Å². The van der Waals surface area contributed by atoms with Gasteiger partial charge in [-0.05, 0) is 12.8 Å². The summed E-state index contributed by atoms with van der Waals surface area (Å²) in [6.07, 6.45) is 2.32. The summed E-state index contributed by atoms with van der Waals surface area (Å²) in [4.78, 5) is 22.4. The predicted molar refractivity (Wildman–Crippen MR) is 55.2 cm³/mol. The van der Waals surface area contributed by atoms with Crippen LogP contribution in [0.3, 0.4) is 0 Å². The standard InChI is InChI=1S/C10H18N2O3/c1-15-7-6-11-9(13)4-5-12-10(14)8-2-3-8/h8H,2-7H2,1H3,(H,11,13)(H,12,14). The number of nitrogens with one attached hydrogen (secondary N) is 2. The van der Waals surface area contributed by atoms with Gasteiger partial charge in [0, 0.05) is 32.5 Å². The molecule has 1 saturated carbocycles. The summed E-state index contributed by atoms with van der Waals surface area (Å²) in [6.45, 7) is 1.46. The molecule has 0 aromatic carbocycles. The van der Waals surface area contributed by atoms with Gasteiger partial charge in [0.15, 0.2) is 0 Å². The quantitative estimate of drug-likeness (QED) is 0.570. The molecule has 0 aromatic rings. The molecule has 1 fully saturated rings. The van der Waals surface area contributed by atoms with Crippen LogP contribution in [-0.4, -0.2) is 38.6 Å². The van der Waals surface area contributed by atoms with Crippen molar-refractivity contribution in [2.24, 2.45) is 5.92 Å². The molecule has 0 unspecified atom stereocenters. The fraction of sp³-hybridized carbons (Fsp3) is 0.800. The van der Waals surface area contributed by atoms with Gasteiger partial charge in [-0.3, -0.25) is 9.59 Å². The molecule has 5 heteroatoms. The molecule has 1 rings (SSSR count). The minimum absolute atomic E-state index is 0.0526. The number of hydrogen-bond acceptors (Lipinski definition) is 3. The van der Waals surface area contributed by atoms with E-state index in [4.69, 9.17) is 4.74 Å². The van der Waals surface area contributed by atoms with E-state index in [1.165, 1.54) is 0 Å². The maximum absolute atomic E-state index is 11.2. The zero-order valence-electron chi connectivity index (χ0n) is 9.04. The zero-order valence-corrected chi connectivity index (χ0v) is 9.04. The van der Waals surface area contributed by atoms with Gasteiger partial charge >= 0.3 is 0 Å². The first-order valence-corrected chi connectivity index (χ1v) is 5.27. The van der Waals surface area contributed by atoms with E-state index in [0.717, 1.165) is 12.8 Å². The monoisotopic (exact) mass is 214 g/mol. The Morgan fingerprint density at radius 2 is 2.00 bits per heavy atom. The number of methoxy groups -OCH3 is 1. The van der Waals surface area contributed by atoms with Crippen molar-refractivity contribution in [2.75, 3.05) is 26.8 Å². The van der Waals surface area contributed by atoms with Gasteiger partial charge in [-0.15, -0.1) is 0 Å². The van der Waals surface area contributed by atoms with Gasteiger partial charge in [-0.2, -0.15) is 0 Å². The van der Waals surface area contributed by atoms with Crippen LogP contribution in [0.1, 0.15) is 19.3 Å². The highest BCUT2D eigenvalue weighted by Gasteiger charge is 2.29. The number of rotatable bonds is 7. The molecule has 0 aromatic heterocycles. The van der Waals surface area contributed by atoms with Gasteiger partial charge in [0.25, 0.3) is 0 Å². The van der Waals surface area contributed by atoms with Gasteiger partial charge in [0.05, 0.1) is 6.61 Å². The molecule has 5 nitrogen and oxygen atoms in total. The van der Waals surface area contributed by atoms with Gasteiger partial charge in [0.2, 0.25) is 11.8 Å². The minimum Gasteiger partial charge on any atom is -0.383 e. The third kappa shape index (κ3) is 5.37. The molecular weight excluding hydrogens is 196 g/mol. The van der Waals surface area contributed by atoms with Crippen molar-refractivity contribution >= 4 is 11.8 Å². The fourth-order valence-electron chi connectivity index (χ4n) is 1.17. The lowest BCUT2D eigenvalue weighted by Crippen LogP contribution is -2.32. The van der Waals surface area contributed by atoms with Crippen LogP contribution >= 0.6 is 0 Å². The highest BCUT2D eigenvalue weighted by molar-refractivity contribution is 5.82. The van der Waals surface area contributed by atoms with Crippen LogP contribution in [-0.2, 0) is 14.3 Å². The largest absolute Gasteiger partial charge is 0.383 e. The first-order chi connectivity index (χ1) is 7.24. The SMILES string of the molecule is COCCNC(=O)CCNC(=O)C1CC1. The van der Waals surface area contributed by atoms with Gasteiger partial charge in [-0.25, -0.2) is 0 Å². The van der Waals surface area contributed by atoms with E-state index < -0.39 is 0 Å². The Labute approximate surface area is 89.6 Å². The predicted octanol–water partition coefficient (Wildman–Crippen LogP) is -0.335. The van der Waals surface area contributed by atoms with Crippen LogP contribution in [0.2, 0.25) is 0 Å². The third-order valence-corrected chi connectivity index (χ3v) is 2.23. The average Bonchev–Trinajstić information content (AvgIpc) is 3.01. The second-order valence-corrected chi connectivity index (χ2v) is 3.66. The van der Waals surface area contributed by atoms with E-state index in [-0.39, 0.29) is 17.7 Å². The van der Waals surface area contributed by atoms with Crippen molar-refractivity contribution in [1.82, 2.24) is 10.6 Å². The van der Waals surface area contributed by atoms with Crippen molar-refractivity contribution in [1.29, 1.82) is 0 Å². The normalized spacial score (nSPS) is 14.7. The molecule has 1 aliphatic rings. The summed E-state index contributed by atoms with van der Waals surface area (Å²) >= 11 is 0. The lowest BCUT2D eigenvalue weighted by atomic mass is 10.3. The number of carbonyl (C=O) groups is 2. The number of ether oxygens (including phenoxy) is 1. The molecule has 2 N–H and O–H groups in total. The van der Waals surface area contributed by atoms with E-state index in [0.29, 0.717) is 26.1 Å². The highest BCUT2D eigenvalue weighted by Crippen LogP contribution is 2.28. The molecule has 0 atom stereocenters. The third-order valence-electron chi connectivity index (χ3n) is 2.23. The summed E-state index contributed by atoms with van der Waals surface area (Å²) in [7, 11) is 1.59. The first kappa shape index (κ1) is 12.0. The molecule has 0 spiro atoms. The lowest BCUT2D eigenvalue weighted by Gasteiger charge is -2.05. The Hall–Kier alpha value is -1.10. The molecule has 0 heterocycles. The smallest absolute Gasteiger partial charge is 0.223 e. The Balaban J connectivity index is 1.93. The topological polar surface area (TPSA) is 67.4 Å². The molecule has 0 bridgehead atoms. The molecule has 1 aliphatic carbocycles. The number of carbonyl (C=O) groups excluding carboxylic acids is 2. The Morgan fingerprint density at radius 1 is 1.27 bits per heavy atom.